The molecule has 1 aliphatic carbocycles. The van der Waals surface area contributed by atoms with Gasteiger partial charge in [0.05, 0.1) is 11.5 Å². The van der Waals surface area contributed by atoms with Gasteiger partial charge in [-0.05, 0) is 43.4 Å². The van der Waals surface area contributed by atoms with Crippen LogP contribution in [0, 0.1) is 12.8 Å². The maximum absolute atomic E-state index is 12.6. The monoisotopic (exact) mass is 368 g/mol. The lowest BCUT2D eigenvalue weighted by Crippen LogP contribution is -2.38. The standard InChI is InChI=1S/C18H28N2O4S/c1-13-5-4-6-15(11-13)20-18(21)17-12-16(8-7-14(17)2)25(22,23)19-9-10-24-3/h7-8,12-13,15,19H,4-6,9-11H2,1-3H3,(H,20,21). The van der Waals surface area contributed by atoms with Crippen LogP contribution < -0.4 is 10.0 Å². The fourth-order valence-electron chi connectivity index (χ4n) is 3.20. The Morgan fingerprint density at radius 1 is 1.32 bits per heavy atom. The van der Waals surface area contributed by atoms with Crippen LogP contribution in [0.25, 0.3) is 0 Å². The number of rotatable bonds is 7. The summed E-state index contributed by atoms with van der Waals surface area (Å²) in [5, 5.41) is 3.06. The Kier molecular flexibility index (Phi) is 6.98. The lowest BCUT2D eigenvalue weighted by molar-refractivity contribution is 0.0920. The molecule has 1 saturated carbocycles. The predicted molar refractivity (Wildman–Crippen MR) is 97.1 cm³/mol. The molecule has 1 aromatic rings. The van der Waals surface area contributed by atoms with Crippen molar-refractivity contribution < 1.29 is 17.9 Å². The third kappa shape index (κ3) is 5.52. The number of hydrogen-bond donors (Lipinski definition) is 2. The molecule has 0 bridgehead atoms. The first-order valence-electron chi connectivity index (χ1n) is 8.73. The first kappa shape index (κ1) is 19.9. The van der Waals surface area contributed by atoms with Gasteiger partial charge in [0, 0.05) is 25.3 Å². The minimum atomic E-state index is -3.66. The van der Waals surface area contributed by atoms with Crippen molar-refractivity contribution in [3.63, 3.8) is 0 Å². The van der Waals surface area contributed by atoms with Gasteiger partial charge in [0.25, 0.3) is 5.91 Å². The highest BCUT2D eigenvalue weighted by atomic mass is 32.2. The smallest absolute Gasteiger partial charge is 0.251 e. The van der Waals surface area contributed by atoms with Crippen molar-refractivity contribution in [1.29, 1.82) is 0 Å². The van der Waals surface area contributed by atoms with Gasteiger partial charge in [-0.25, -0.2) is 13.1 Å². The van der Waals surface area contributed by atoms with E-state index in [1.807, 2.05) is 6.92 Å². The lowest BCUT2D eigenvalue weighted by Gasteiger charge is -2.27. The molecule has 0 saturated heterocycles. The molecule has 2 rings (SSSR count). The molecule has 0 spiro atoms. The van der Waals surface area contributed by atoms with Crippen molar-refractivity contribution in [2.24, 2.45) is 5.92 Å². The van der Waals surface area contributed by atoms with E-state index in [1.165, 1.54) is 25.7 Å². The van der Waals surface area contributed by atoms with Crippen LogP contribution in [-0.2, 0) is 14.8 Å². The van der Waals surface area contributed by atoms with E-state index in [0.717, 1.165) is 24.8 Å². The summed E-state index contributed by atoms with van der Waals surface area (Å²) in [6.45, 7) is 4.49. The minimum absolute atomic E-state index is 0.0939. The van der Waals surface area contributed by atoms with Gasteiger partial charge in [-0.15, -0.1) is 0 Å². The molecule has 0 aromatic heterocycles. The van der Waals surface area contributed by atoms with E-state index >= 15 is 0 Å². The summed E-state index contributed by atoms with van der Waals surface area (Å²) in [5.41, 5.74) is 1.17. The molecule has 2 atom stereocenters. The normalized spacial score (nSPS) is 21.1. The second-order valence-electron chi connectivity index (χ2n) is 6.81. The van der Waals surface area contributed by atoms with Crippen LogP contribution in [0.5, 0.6) is 0 Å². The van der Waals surface area contributed by atoms with E-state index in [-0.39, 0.29) is 30.0 Å². The van der Waals surface area contributed by atoms with E-state index in [4.69, 9.17) is 4.74 Å². The van der Waals surface area contributed by atoms with Gasteiger partial charge in [0.15, 0.2) is 0 Å². The second kappa shape index (κ2) is 8.78. The second-order valence-corrected chi connectivity index (χ2v) is 8.58. The molecule has 0 aliphatic heterocycles. The fourth-order valence-corrected chi connectivity index (χ4v) is 4.24. The third-order valence-corrected chi connectivity index (χ3v) is 6.09. The first-order chi connectivity index (χ1) is 11.8. The van der Waals surface area contributed by atoms with Crippen LogP contribution in [0.1, 0.15) is 48.5 Å². The summed E-state index contributed by atoms with van der Waals surface area (Å²) >= 11 is 0. The van der Waals surface area contributed by atoms with Crippen molar-refractivity contribution in [2.75, 3.05) is 20.3 Å². The van der Waals surface area contributed by atoms with Gasteiger partial charge in [-0.2, -0.15) is 0 Å². The molecule has 1 aromatic carbocycles. The van der Waals surface area contributed by atoms with Crippen molar-refractivity contribution in [3.05, 3.63) is 29.3 Å². The first-order valence-corrected chi connectivity index (χ1v) is 10.2. The molecule has 0 heterocycles. The van der Waals surface area contributed by atoms with Crippen LogP contribution in [0.4, 0.5) is 0 Å². The molecule has 1 aliphatic rings. The average Bonchev–Trinajstić information content (AvgIpc) is 2.55. The number of benzene rings is 1. The zero-order chi connectivity index (χ0) is 18.4. The number of nitrogens with one attached hydrogen (secondary N) is 2. The average molecular weight is 368 g/mol. The number of methoxy groups -OCH3 is 1. The number of carbonyl (C=O) groups excluding carboxylic acids is 1. The van der Waals surface area contributed by atoms with Crippen LogP contribution in [-0.4, -0.2) is 40.6 Å². The molecular formula is C18H28N2O4S. The molecule has 1 amide bonds. The van der Waals surface area contributed by atoms with Crippen molar-refractivity contribution >= 4 is 15.9 Å². The van der Waals surface area contributed by atoms with Gasteiger partial charge >= 0.3 is 0 Å². The SMILES string of the molecule is COCCNS(=O)(=O)c1ccc(C)c(C(=O)NC2CCCC(C)C2)c1. The highest BCUT2D eigenvalue weighted by molar-refractivity contribution is 7.89. The molecule has 140 valence electrons. The van der Waals surface area contributed by atoms with Gasteiger partial charge in [-0.1, -0.05) is 25.8 Å². The van der Waals surface area contributed by atoms with E-state index in [0.29, 0.717) is 11.5 Å². The zero-order valence-corrected chi connectivity index (χ0v) is 16.0. The Morgan fingerprint density at radius 2 is 2.08 bits per heavy atom. The lowest BCUT2D eigenvalue weighted by atomic mass is 9.87. The highest BCUT2D eigenvalue weighted by Crippen LogP contribution is 2.24. The number of sulfonamides is 1. The Bertz CT molecular complexity index is 703. The number of amides is 1. The van der Waals surface area contributed by atoms with E-state index < -0.39 is 10.0 Å². The van der Waals surface area contributed by atoms with Crippen LogP contribution in [0.15, 0.2) is 23.1 Å². The van der Waals surface area contributed by atoms with E-state index in [1.54, 1.807) is 6.07 Å². The molecule has 0 radical (unpaired) electrons. The minimum Gasteiger partial charge on any atom is -0.383 e. The number of ether oxygens (including phenoxy) is 1. The Hall–Kier alpha value is -1.44. The number of hydrogen-bond acceptors (Lipinski definition) is 4. The molecule has 2 N–H and O–H groups in total. The number of aryl methyl sites for hydroxylation is 1. The molecule has 1 fully saturated rings. The van der Waals surface area contributed by atoms with Gasteiger partial charge in [0.2, 0.25) is 10.0 Å². The summed E-state index contributed by atoms with van der Waals surface area (Å²) in [4.78, 5) is 12.7. The largest absolute Gasteiger partial charge is 0.383 e. The molecule has 7 heteroatoms. The maximum atomic E-state index is 12.6. The quantitative estimate of drug-likeness (QED) is 0.723. The Balaban J connectivity index is 2.13. The van der Waals surface area contributed by atoms with E-state index in [2.05, 4.69) is 17.0 Å². The molecule has 25 heavy (non-hydrogen) atoms. The third-order valence-electron chi connectivity index (χ3n) is 4.63. The topological polar surface area (TPSA) is 84.5 Å². The predicted octanol–water partition coefficient (Wildman–Crippen LogP) is 2.23. The van der Waals surface area contributed by atoms with Crippen molar-refractivity contribution in [1.82, 2.24) is 10.0 Å². The van der Waals surface area contributed by atoms with Crippen LogP contribution >= 0.6 is 0 Å². The van der Waals surface area contributed by atoms with Gasteiger partial charge < -0.3 is 10.1 Å². The van der Waals surface area contributed by atoms with Crippen LogP contribution in [0.2, 0.25) is 0 Å². The summed E-state index contributed by atoms with van der Waals surface area (Å²) in [6, 6.07) is 4.80. The van der Waals surface area contributed by atoms with Crippen molar-refractivity contribution in [2.45, 2.75) is 50.5 Å². The zero-order valence-electron chi connectivity index (χ0n) is 15.2. The van der Waals surface area contributed by atoms with E-state index in [9.17, 15) is 13.2 Å². The highest BCUT2D eigenvalue weighted by Gasteiger charge is 2.23. The summed E-state index contributed by atoms with van der Waals surface area (Å²) < 4.78 is 32.0. The summed E-state index contributed by atoms with van der Waals surface area (Å²) in [5.74, 6) is 0.405. The molecule has 2 unspecified atom stereocenters. The molecular weight excluding hydrogens is 340 g/mol. The summed E-state index contributed by atoms with van der Waals surface area (Å²) in [7, 11) is -2.15. The van der Waals surface area contributed by atoms with Crippen LogP contribution in [0.3, 0.4) is 0 Å². The maximum Gasteiger partial charge on any atom is 0.251 e. The molecule has 6 nitrogen and oxygen atoms in total. The number of carbonyl (C=O) groups is 1. The fraction of sp³-hybridized carbons (Fsp3) is 0.611. The Morgan fingerprint density at radius 3 is 2.76 bits per heavy atom. The van der Waals surface area contributed by atoms with Gasteiger partial charge in [-0.3, -0.25) is 4.79 Å². The van der Waals surface area contributed by atoms with Gasteiger partial charge in [0.1, 0.15) is 0 Å². The summed E-state index contributed by atoms with van der Waals surface area (Å²) in [6.07, 6.45) is 4.27. The Labute approximate surface area is 150 Å². The van der Waals surface area contributed by atoms with Crippen molar-refractivity contribution in [3.8, 4) is 0 Å².